The Bertz CT molecular complexity index is 837. The topological polar surface area (TPSA) is 58.1 Å². The van der Waals surface area contributed by atoms with Gasteiger partial charge in [0, 0.05) is 5.69 Å². The number of aryl methyl sites for hydroxylation is 2. The second-order valence-electron chi connectivity index (χ2n) is 5.06. The molecule has 0 saturated carbocycles. The zero-order valence-electron chi connectivity index (χ0n) is 12.9. The Morgan fingerprint density at radius 1 is 1.27 bits per heavy atom. The van der Waals surface area contributed by atoms with Crippen molar-refractivity contribution in [1.82, 2.24) is 4.68 Å². The van der Waals surface area contributed by atoms with E-state index >= 15 is 0 Å². The van der Waals surface area contributed by atoms with Gasteiger partial charge in [-0.15, -0.1) is 0 Å². The van der Waals surface area contributed by atoms with Gasteiger partial charge in [-0.25, -0.2) is 4.68 Å². The van der Waals surface area contributed by atoms with Crippen LogP contribution in [0.2, 0.25) is 0 Å². The summed E-state index contributed by atoms with van der Waals surface area (Å²) in [7, 11) is 0. The molecule has 1 aromatic carbocycles. The van der Waals surface area contributed by atoms with Crippen LogP contribution in [0.3, 0.4) is 0 Å². The number of pyridine rings is 1. The first-order chi connectivity index (χ1) is 10.5. The molecule has 0 atom stereocenters. The predicted octanol–water partition coefficient (Wildman–Crippen LogP) is 3.27. The monoisotopic (exact) mass is 291 g/mol. The van der Waals surface area contributed by atoms with E-state index in [1.54, 1.807) is 19.9 Å². The van der Waals surface area contributed by atoms with Gasteiger partial charge in [-0.3, -0.25) is 4.79 Å². The van der Waals surface area contributed by atoms with Crippen LogP contribution in [0.15, 0.2) is 52.4 Å². The molecule has 0 amide bonds. The zero-order valence-corrected chi connectivity index (χ0v) is 12.9. The number of benzene rings is 1. The fraction of sp³-hybridized carbons (Fsp3) is 0.167. The van der Waals surface area contributed by atoms with Gasteiger partial charge in [-0.1, -0.05) is 36.4 Å². The van der Waals surface area contributed by atoms with Gasteiger partial charge in [0.05, 0.1) is 5.71 Å². The van der Waals surface area contributed by atoms with E-state index in [0.717, 1.165) is 5.56 Å². The Morgan fingerprint density at radius 2 is 1.95 bits per heavy atom. The summed E-state index contributed by atoms with van der Waals surface area (Å²) in [6.45, 7) is 5.37. The highest BCUT2D eigenvalue weighted by Gasteiger charge is 2.09. The van der Waals surface area contributed by atoms with Crippen molar-refractivity contribution in [3.63, 3.8) is 0 Å². The first-order valence-corrected chi connectivity index (χ1v) is 6.95. The molecule has 0 spiro atoms. The number of hydrogen-bond acceptors (Lipinski definition) is 3. The lowest BCUT2D eigenvalue weighted by atomic mass is 10.1. The van der Waals surface area contributed by atoms with Gasteiger partial charge in [0.25, 0.3) is 5.56 Å². The Kier molecular flexibility index (Phi) is 4.70. The smallest absolute Gasteiger partial charge is 0.266 e. The first kappa shape index (κ1) is 15.5. The largest absolute Gasteiger partial charge is 0.289 e. The Hall–Kier alpha value is -2.93. The summed E-state index contributed by atoms with van der Waals surface area (Å²) in [6, 6.07) is 13.6. The highest BCUT2D eigenvalue weighted by molar-refractivity contribution is 5.96. The third-order valence-electron chi connectivity index (χ3n) is 3.25. The van der Waals surface area contributed by atoms with Crippen molar-refractivity contribution in [2.24, 2.45) is 5.10 Å². The van der Waals surface area contributed by atoms with Crippen LogP contribution in [0.4, 0.5) is 0 Å². The molecular weight excluding hydrogens is 274 g/mol. The molecule has 0 radical (unpaired) electrons. The van der Waals surface area contributed by atoms with E-state index in [0.29, 0.717) is 17.0 Å². The van der Waals surface area contributed by atoms with E-state index in [2.05, 4.69) is 5.10 Å². The summed E-state index contributed by atoms with van der Waals surface area (Å²) in [4.78, 5) is 12.3. The summed E-state index contributed by atoms with van der Waals surface area (Å²) in [6.07, 6.45) is 3.77. The third kappa shape index (κ3) is 3.39. The standard InChI is InChI=1S/C18H17N3O/c1-13-11-15(3)21(18(22)17(13)12-19)20-14(2)9-10-16-7-5-4-6-8-16/h4-11H,1-3H3/b10-9+,20-14+. The Labute approximate surface area is 129 Å². The Balaban J connectivity index is 2.39. The summed E-state index contributed by atoms with van der Waals surface area (Å²) in [5.74, 6) is 0. The molecule has 0 aliphatic rings. The number of rotatable bonds is 3. The second-order valence-corrected chi connectivity index (χ2v) is 5.06. The average molecular weight is 291 g/mol. The molecule has 0 fully saturated rings. The number of aromatic nitrogens is 1. The van der Waals surface area contributed by atoms with E-state index in [-0.39, 0.29) is 11.1 Å². The van der Waals surface area contributed by atoms with Crippen molar-refractivity contribution < 1.29 is 0 Å². The maximum absolute atomic E-state index is 12.3. The molecule has 22 heavy (non-hydrogen) atoms. The molecule has 4 heteroatoms. The first-order valence-electron chi connectivity index (χ1n) is 6.95. The Morgan fingerprint density at radius 3 is 2.59 bits per heavy atom. The minimum absolute atomic E-state index is 0.134. The predicted molar refractivity (Wildman–Crippen MR) is 88.9 cm³/mol. The molecular formula is C18H17N3O. The van der Waals surface area contributed by atoms with Gasteiger partial charge in [0.15, 0.2) is 0 Å². The summed E-state index contributed by atoms with van der Waals surface area (Å²) < 4.78 is 1.27. The lowest BCUT2D eigenvalue weighted by Gasteiger charge is -2.07. The van der Waals surface area contributed by atoms with Gasteiger partial charge in [0.2, 0.25) is 0 Å². The van der Waals surface area contributed by atoms with E-state index in [1.807, 2.05) is 55.5 Å². The van der Waals surface area contributed by atoms with E-state index in [9.17, 15) is 4.79 Å². The van der Waals surface area contributed by atoms with Crippen LogP contribution in [-0.2, 0) is 0 Å². The quantitative estimate of drug-likeness (QED) is 0.815. The van der Waals surface area contributed by atoms with Crippen LogP contribution in [0.25, 0.3) is 6.08 Å². The molecule has 1 aromatic heterocycles. The van der Waals surface area contributed by atoms with Crippen LogP contribution in [0, 0.1) is 25.2 Å². The van der Waals surface area contributed by atoms with Crippen LogP contribution < -0.4 is 5.56 Å². The maximum atomic E-state index is 12.3. The van der Waals surface area contributed by atoms with Gasteiger partial charge < -0.3 is 0 Å². The summed E-state index contributed by atoms with van der Waals surface area (Å²) in [5, 5.41) is 13.4. The van der Waals surface area contributed by atoms with Gasteiger partial charge >= 0.3 is 0 Å². The highest BCUT2D eigenvalue weighted by Crippen LogP contribution is 2.06. The van der Waals surface area contributed by atoms with Crippen molar-refractivity contribution in [2.75, 3.05) is 0 Å². The number of allylic oxidation sites excluding steroid dienone is 1. The molecule has 0 aliphatic carbocycles. The van der Waals surface area contributed by atoms with Crippen molar-refractivity contribution in [1.29, 1.82) is 5.26 Å². The molecule has 0 aliphatic heterocycles. The molecule has 0 N–H and O–H groups in total. The second kappa shape index (κ2) is 6.68. The molecule has 0 saturated heterocycles. The zero-order chi connectivity index (χ0) is 16.1. The number of nitriles is 1. The molecule has 110 valence electrons. The van der Waals surface area contributed by atoms with Crippen LogP contribution in [0.1, 0.15) is 29.3 Å². The van der Waals surface area contributed by atoms with Crippen LogP contribution >= 0.6 is 0 Å². The van der Waals surface area contributed by atoms with Crippen molar-refractivity contribution in [3.05, 3.63) is 75.2 Å². The SMILES string of the molecule is CC(/C=C/c1ccccc1)=N\n1c(C)cc(C)c(C#N)c1=O. The molecule has 0 bridgehead atoms. The summed E-state index contributed by atoms with van der Waals surface area (Å²) in [5.41, 5.74) is 2.87. The van der Waals surface area contributed by atoms with E-state index < -0.39 is 0 Å². The maximum Gasteiger partial charge on any atom is 0.289 e. The van der Waals surface area contributed by atoms with Gasteiger partial charge in [-0.05, 0) is 44.0 Å². The van der Waals surface area contributed by atoms with Crippen molar-refractivity contribution in [3.8, 4) is 6.07 Å². The number of nitrogens with zero attached hydrogens (tertiary/aromatic N) is 3. The van der Waals surface area contributed by atoms with Crippen LogP contribution in [0.5, 0.6) is 0 Å². The molecule has 1 heterocycles. The normalized spacial score (nSPS) is 11.6. The average Bonchev–Trinajstić information content (AvgIpc) is 2.51. The lowest BCUT2D eigenvalue weighted by Crippen LogP contribution is -2.23. The van der Waals surface area contributed by atoms with E-state index in [4.69, 9.17) is 5.26 Å². The molecule has 0 unspecified atom stereocenters. The van der Waals surface area contributed by atoms with E-state index in [1.165, 1.54) is 4.68 Å². The lowest BCUT2D eigenvalue weighted by molar-refractivity contribution is 0.782. The highest BCUT2D eigenvalue weighted by atomic mass is 16.1. The van der Waals surface area contributed by atoms with Crippen molar-refractivity contribution in [2.45, 2.75) is 20.8 Å². The fourth-order valence-corrected chi connectivity index (χ4v) is 2.11. The van der Waals surface area contributed by atoms with Crippen LogP contribution in [-0.4, -0.2) is 10.4 Å². The minimum atomic E-state index is -0.382. The molecule has 2 rings (SSSR count). The van der Waals surface area contributed by atoms with Gasteiger partial charge in [0.1, 0.15) is 11.6 Å². The summed E-state index contributed by atoms with van der Waals surface area (Å²) >= 11 is 0. The van der Waals surface area contributed by atoms with Crippen molar-refractivity contribution >= 4 is 11.8 Å². The molecule has 4 nitrogen and oxygen atoms in total. The number of hydrogen-bond donors (Lipinski definition) is 0. The molecule has 2 aromatic rings. The third-order valence-corrected chi connectivity index (χ3v) is 3.25. The minimum Gasteiger partial charge on any atom is -0.266 e. The van der Waals surface area contributed by atoms with Gasteiger partial charge in [-0.2, -0.15) is 10.4 Å². The fourth-order valence-electron chi connectivity index (χ4n) is 2.11.